The molecule has 0 nitrogen and oxygen atoms in total. The van der Waals surface area contributed by atoms with Gasteiger partial charge in [0.2, 0.25) is 0 Å². The maximum absolute atomic E-state index is 3.60. The Morgan fingerprint density at radius 1 is 1.30 bits per heavy atom. The molecule has 0 bridgehead atoms. The van der Waals surface area contributed by atoms with Gasteiger partial charge in [0.1, 0.15) is 0 Å². The van der Waals surface area contributed by atoms with Crippen molar-refractivity contribution in [1.82, 2.24) is 0 Å². The van der Waals surface area contributed by atoms with Crippen molar-refractivity contribution >= 4 is 0 Å². The SMILES string of the molecule is [CH2-]CCC.[V+2].c1cc[cH-]c1. The molecule has 0 aliphatic rings. The van der Waals surface area contributed by atoms with E-state index in [0.29, 0.717) is 0 Å². The molecule has 0 atom stereocenters. The first-order valence-electron chi connectivity index (χ1n) is 3.37. The maximum Gasteiger partial charge on any atom is 2.00 e. The van der Waals surface area contributed by atoms with Crippen LogP contribution in [0.4, 0.5) is 0 Å². The summed E-state index contributed by atoms with van der Waals surface area (Å²) in [5, 5.41) is 0. The van der Waals surface area contributed by atoms with Gasteiger partial charge in [0.25, 0.3) is 0 Å². The first-order valence-corrected chi connectivity index (χ1v) is 3.37. The Morgan fingerprint density at radius 3 is 1.80 bits per heavy atom. The van der Waals surface area contributed by atoms with Crippen molar-refractivity contribution < 1.29 is 18.6 Å². The summed E-state index contributed by atoms with van der Waals surface area (Å²) >= 11 is 0. The fraction of sp³-hybridized carbons (Fsp3) is 0.333. The quantitative estimate of drug-likeness (QED) is 0.572. The normalized spacial score (nSPS) is 7.00. The van der Waals surface area contributed by atoms with Crippen LogP contribution in [-0.2, 0) is 18.6 Å². The van der Waals surface area contributed by atoms with E-state index in [9.17, 15) is 0 Å². The van der Waals surface area contributed by atoms with Crippen LogP contribution < -0.4 is 0 Å². The summed E-state index contributed by atoms with van der Waals surface area (Å²) in [7, 11) is 0. The minimum Gasteiger partial charge on any atom is -0.343 e. The molecule has 1 heteroatoms. The third-order valence-corrected chi connectivity index (χ3v) is 0.909. The Labute approximate surface area is 75.9 Å². The first kappa shape index (κ1) is 12.6. The monoisotopic (exact) mass is 173 g/mol. The molecule has 0 saturated heterocycles. The van der Waals surface area contributed by atoms with Crippen LogP contribution in [0.5, 0.6) is 0 Å². The Bertz CT molecular complexity index is 80.3. The van der Waals surface area contributed by atoms with E-state index in [1.165, 1.54) is 6.42 Å². The summed E-state index contributed by atoms with van der Waals surface area (Å²) < 4.78 is 0. The molecule has 0 aliphatic heterocycles. The minimum atomic E-state index is 0. The smallest absolute Gasteiger partial charge is 0.343 e. The zero-order valence-corrected chi connectivity index (χ0v) is 7.85. The van der Waals surface area contributed by atoms with Crippen molar-refractivity contribution in [2.75, 3.05) is 0 Å². The molecule has 1 aromatic rings. The van der Waals surface area contributed by atoms with Crippen LogP contribution in [-0.4, -0.2) is 0 Å². The third-order valence-electron chi connectivity index (χ3n) is 0.909. The third kappa shape index (κ3) is 10.8. The number of hydrogen-bond acceptors (Lipinski definition) is 0. The number of hydrogen-bond donors (Lipinski definition) is 0. The van der Waals surface area contributed by atoms with E-state index in [0.717, 1.165) is 6.42 Å². The molecule has 0 unspecified atom stereocenters. The molecule has 0 spiro atoms. The van der Waals surface area contributed by atoms with Crippen LogP contribution in [0.25, 0.3) is 0 Å². The predicted molar refractivity (Wildman–Crippen MR) is 42.3 cm³/mol. The van der Waals surface area contributed by atoms with Crippen molar-refractivity contribution in [3.8, 4) is 0 Å². The molecule has 55 valence electrons. The van der Waals surface area contributed by atoms with Crippen LogP contribution in [0.1, 0.15) is 19.8 Å². The molecule has 0 heterocycles. The first-order chi connectivity index (χ1) is 4.41. The summed E-state index contributed by atoms with van der Waals surface area (Å²) in [6, 6.07) is 10.0. The molecule has 1 radical (unpaired) electrons. The average Bonchev–Trinajstić information content (AvgIpc) is 2.43. The van der Waals surface area contributed by atoms with Gasteiger partial charge in [-0.1, -0.05) is 13.3 Å². The second kappa shape index (κ2) is 11.7. The van der Waals surface area contributed by atoms with Gasteiger partial charge in [0.15, 0.2) is 0 Å². The van der Waals surface area contributed by atoms with E-state index in [1.54, 1.807) is 0 Å². The molecule has 0 aromatic heterocycles. The fourth-order valence-corrected chi connectivity index (χ4v) is 0.321. The zero-order chi connectivity index (χ0) is 6.95. The van der Waals surface area contributed by atoms with Gasteiger partial charge in [0, 0.05) is 0 Å². The van der Waals surface area contributed by atoms with Gasteiger partial charge in [-0.2, -0.15) is 24.6 Å². The molecular weight excluding hydrogens is 159 g/mol. The van der Waals surface area contributed by atoms with E-state index >= 15 is 0 Å². The largest absolute Gasteiger partial charge is 2.00 e. The topological polar surface area (TPSA) is 0 Å². The van der Waals surface area contributed by atoms with Crippen molar-refractivity contribution in [3.63, 3.8) is 0 Å². The number of unbranched alkanes of at least 4 members (excludes halogenated alkanes) is 1. The zero-order valence-electron chi connectivity index (χ0n) is 6.46. The number of rotatable bonds is 1. The minimum absolute atomic E-state index is 0. The van der Waals surface area contributed by atoms with Crippen molar-refractivity contribution in [2.45, 2.75) is 19.8 Å². The van der Waals surface area contributed by atoms with Gasteiger partial charge in [-0.15, -0.1) is 0 Å². The van der Waals surface area contributed by atoms with E-state index < -0.39 is 0 Å². The molecule has 1 aromatic carbocycles. The van der Waals surface area contributed by atoms with Crippen molar-refractivity contribution in [1.29, 1.82) is 0 Å². The molecule has 1 rings (SSSR count). The summed E-state index contributed by atoms with van der Waals surface area (Å²) in [4.78, 5) is 0. The second-order valence-electron chi connectivity index (χ2n) is 1.82. The Balaban J connectivity index is 0. The van der Waals surface area contributed by atoms with Crippen LogP contribution in [0.2, 0.25) is 0 Å². The molecule has 10 heavy (non-hydrogen) atoms. The fourth-order valence-electron chi connectivity index (χ4n) is 0.321. The van der Waals surface area contributed by atoms with Crippen molar-refractivity contribution in [2.24, 2.45) is 0 Å². The van der Waals surface area contributed by atoms with Crippen molar-refractivity contribution in [3.05, 3.63) is 37.3 Å². The second-order valence-corrected chi connectivity index (χ2v) is 1.82. The Morgan fingerprint density at radius 2 is 1.70 bits per heavy atom. The van der Waals surface area contributed by atoms with E-state index in [2.05, 4.69) is 13.8 Å². The maximum atomic E-state index is 3.60. The average molecular weight is 173 g/mol. The molecular formula is C9H14V. The van der Waals surface area contributed by atoms with Crippen LogP contribution in [0, 0.1) is 6.92 Å². The standard InChI is InChI=1S/C5H5.C4H9.V/c1-2-4-5-3-1;1-3-4-2;/h1-5H;1,3-4H2,2H3;/q2*-1;+2. The van der Waals surface area contributed by atoms with Gasteiger partial charge in [-0.05, 0) is 0 Å². The van der Waals surface area contributed by atoms with Crippen LogP contribution in [0.15, 0.2) is 30.3 Å². The summed E-state index contributed by atoms with van der Waals surface area (Å²) in [6.07, 6.45) is 2.28. The predicted octanol–water partition coefficient (Wildman–Crippen LogP) is 3.02. The van der Waals surface area contributed by atoms with Gasteiger partial charge >= 0.3 is 18.6 Å². The molecule has 0 amide bonds. The van der Waals surface area contributed by atoms with Gasteiger partial charge in [-0.25, -0.2) is 12.1 Å². The van der Waals surface area contributed by atoms with Gasteiger partial charge in [-0.3, -0.25) is 0 Å². The van der Waals surface area contributed by atoms with Crippen LogP contribution >= 0.6 is 0 Å². The molecule has 0 saturated carbocycles. The summed E-state index contributed by atoms with van der Waals surface area (Å²) in [6.45, 7) is 5.72. The summed E-state index contributed by atoms with van der Waals surface area (Å²) in [5.74, 6) is 0. The van der Waals surface area contributed by atoms with Gasteiger partial charge < -0.3 is 6.92 Å². The van der Waals surface area contributed by atoms with Gasteiger partial charge in [0.05, 0.1) is 0 Å². The van der Waals surface area contributed by atoms with E-state index in [4.69, 9.17) is 0 Å². The summed E-state index contributed by atoms with van der Waals surface area (Å²) in [5.41, 5.74) is 0. The molecule has 0 fully saturated rings. The van der Waals surface area contributed by atoms with E-state index in [1.807, 2.05) is 30.3 Å². The van der Waals surface area contributed by atoms with Crippen LogP contribution in [0.3, 0.4) is 0 Å². The molecule has 0 aliphatic carbocycles. The Kier molecular flexibility index (Phi) is 14.7. The van der Waals surface area contributed by atoms with E-state index in [-0.39, 0.29) is 18.6 Å². The molecule has 0 N–H and O–H groups in total. The Hall–Kier alpha value is -0.0656.